The molecule has 0 aliphatic rings. The Morgan fingerprint density at radius 3 is 2.43 bits per heavy atom. The summed E-state index contributed by atoms with van der Waals surface area (Å²) in [5, 5.41) is 15.0. The quantitative estimate of drug-likeness (QED) is 0.471. The van der Waals surface area contributed by atoms with E-state index >= 15 is 0 Å². The Kier molecular flexibility index (Phi) is 6.60. The summed E-state index contributed by atoms with van der Waals surface area (Å²) in [6.07, 6.45) is 0. The second-order valence-electron chi connectivity index (χ2n) is 6.43. The molecular weight excluding hydrogens is 452 g/mol. The fraction of sp³-hybridized carbons (Fsp3) is 0.150. The lowest BCUT2D eigenvalue weighted by Crippen LogP contribution is -2.28. The topological polar surface area (TPSA) is 91.3 Å². The predicted molar refractivity (Wildman–Crippen MR) is 115 cm³/mol. The van der Waals surface area contributed by atoms with Gasteiger partial charge >= 0.3 is 0 Å². The van der Waals surface area contributed by atoms with E-state index in [0.717, 1.165) is 11.5 Å². The highest BCUT2D eigenvalue weighted by molar-refractivity contribution is 7.11. The number of aromatic hydroxyl groups is 1. The molecule has 1 atom stereocenters. The molecule has 0 aliphatic carbocycles. The molecule has 0 aliphatic heterocycles. The maximum atomic E-state index is 14.0. The van der Waals surface area contributed by atoms with Crippen molar-refractivity contribution in [3.8, 4) is 5.75 Å². The molecule has 0 fully saturated rings. The van der Waals surface area contributed by atoms with Gasteiger partial charge in [-0.15, -0.1) is 0 Å². The van der Waals surface area contributed by atoms with Crippen molar-refractivity contribution < 1.29 is 19.1 Å². The van der Waals surface area contributed by atoms with Gasteiger partial charge in [-0.05, 0) is 43.6 Å². The van der Waals surface area contributed by atoms with Crippen LogP contribution in [0, 0.1) is 12.7 Å². The number of carbonyl (C=O) groups excluding carboxylic acids is 2. The van der Waals surface area contributed by atoms with Crippen LogP contribution in [-0.2, 0) is 0 Å². The highest BCUT2D eigenvalue weighted by Crippen LogP contribution is 2.33. The average Bonchev–Trinajstić information content (AvgIpc) is 3.05. The molecule has 0 unspecified atom stereocenters. The van der Waals surface area contributed by atoms with Crippen molar-refractivity contribution >= 4 is 51.5 Å². The Balaban J connectivity index is 1.82. The molecule has 30 heavy (non-hydrogen) atoms. The number of hydrogen-bond donors (Lipinski definition) is 3. The molecule has 6 nitrogen and oxygen atoms in total. The molecule has 0 saturated heterocycles. The molecule has 0 spiro atoms. The van der Waals surface area contributed by atoms with E-state index in [4.69, 9.17) is 23.2 Å². The van der Waals surface area contributed by atoms with Crippen molar-refractivity contribution in [2.75, 3.05) is 5.32 Å². The van der Waals surface area contributed by atoms with E-state index in [1.54, 1.807) is 32.0 Å². The van der Waals surface area contributed by atoms with Gasteiger partial charge in [0.05, 0.1) is 27.3 Å². The van der Waals surface area contributed by atoms with Crippen LogP contribution in [0.2, 0.25) is 10.0 Å². The van der Waals surface area contributed by atoms with Gasteiger partial charge < -0.3 is 15.7 Å². The van der Waals surface area contributed by atoms with Crippen LogP contribution in [0.5, 0.6) is 5.75 Å². The number of nitrogens with zero attached hydrogens (tertiary/aromatic N) is 1. The van der Waals surface area contributed by atoms with Crippen LogP contribution in [0.3, 0.4) is 0 Å². The zero-order chi connectivity index (χ0) is 22.0. The number of rotatable bonds is 5. The predicted octanol–water partition coefficient (Wildman–Crippen LogP) is 5.35. The lowest BCUT2D eigenvalue weighted by Gasteiger charge is -2.15. The van der Waals surface area contributed by atoms with Gasteiger partial charge in [0.25, 0.3) is 11.8 Å². The number of phenolic OH excluding ortho intramolecular Hbond substituents is 1. The Morgan fingerprint density at radius 2 is 1.80 bits per heavy atom. The summed E-state index contributed by atoms with van der Waals surface area (Å²) in [6.45, 7) is 3.28. The number of amides is 2. The van der Waals surface area contributed by atoms with Gasteiger partial charge in [0.15, 0.2) is 5.75 Å². The first-order valence-corrected chi connectivity index (χ1v) is 10.2. The zero-order valence-electron chi connectivity index (χ0n) is 15.8. The minimum absolute atomic E-state index is 0.0789. The summed E-state index contributed by atoms with van der Waals surface area (Å²) in [5.41, 5.74) is 1.02. The van der Waals surface area contributed by atoms with E-state index in [2.05, 4.69) is 15.0 Å². The fourth-order valence-corrected chi connectivity index (χ4v) is 4.04. The third-order valence-electron chi connectivity index (χ3n) is 4.32. The number of halogens is 3. The molecule has 1 heterocycles. The first kappa shape index (κ1) is 22.0. The lowest BCUT2D eigenvalue weighted by molar-refractivity contribution is 0.0940. The van der Waals surface area contributed by atoms with E-state index in [9.17, 15) is 19.1 Å². The van der Waals surface area contributed by atoms with Crippen molar-refractivity contribution in [2.24, 2.45) is 0 Å². The SMILES string of the molecule is Cc1nsc(NC(=O)c2cc(Cl)c(O)c(Cl)c2)c1C(=O)N[C@@H](C)c1ccccc1F. The molecule has 3 rings (SSSR count). The lowest BCUT2D eigenvalue weighted by atomic mass is 10.1. The molecule has 156 valence electrons. The molecule has 2 amide bonds. The molecule has 3 N–H and O–H groups in total. The molecule has 0 bridgehead atoms. The number of hydrogen-bond acceptors (Lipinski definition) is 5. The summed E-state index contributed by atoms with van der Waals surface area (Å²) in [7, 11) is 0. The Hall–Kier alpha value is -2.68. The smallest absolute Gasteiger partial charge is 0.256 e. The largest absolute Gasteiger partial charge is 0.505 e. The molecule has 1 aromatic heterocycles. The summed E-state index contributed by atoms with van der Waals surface area (Å²) in [5.74, 6) is -1.85. The third-order valence-corrected chi connectivity index (χ3v) is 5.75. The van der Waals surface area contributed by atoms with Crippen LogP contribution < -0.4 is 10.6 Å². The van der Waals surface area contributed by atoms with Gasteiger partial charge in [-0.3, -0.25) is 9.59 Å². The van der Waals surface area contributed by atoms with Crippen LogP contribution in [0.15, 0.2) is 36.4 Å². The van der Waals surface area contributed by atoms with E-state index in [-0.39, 0.29) is 31.9 Å². The Morgan fingerprint density at radius 1 is 1.17 bits per heavy atom. The Labute approximate surface area is 185 Å². The summed E-state index contributed by atoms with van der Waals surface area (Å²) in [6, 6.07) is 8.05. The van der Waals surface area contributed by atoms with E-state index in [1.165, 1.54) is 18.2 Å². The van der Waals surface area contributed by atoms with Gasteiger partial charge in [-0.25, -0.2) is 4.39 Å². The van der Waals surface area contributed by atoms with Crippen LogP contribution in [0.1, 0.15) is 44.9 Å². The van der Waals surface area contributed by atoms with E-state index < -0.39 is 23.7 Å². The molecule has 3 aromatic rings. The normalized spacial score (nSPS) is 11.8. The van der Waals surface area contributed by atoms with Gasteiger partial charge in [-0.2, -0.15) is 4.37 Å². The average molecular weight is 468 g/mol. The number of carbonyl (C=O) groups is 2. The van der Waals surface area contributed by atoms with Crippen molar-refractivity contribution in [3.05, 3.63) is 74.6 Å². The van der Waals surface area contributed by atoms with Crippen molar-refractivity contribution in [2.45, 2.75) is 19.9 Å². The Bertz CT molecular complexity index is 1110. The first-order chi connectivity index (χ1) is 14.2. The van der Waals surface area contributed by atoms with Crippen molar-refractivity contribution in [1.29, 1.82) is 0 Å². The van der Waals surface area contributed by atoms with E-state index in [0.29, 0.717) is 11.3 Å². The van der Waals surface area contributed by atoms with Crippen LogP contribution in [0.25, 0.3) is 0 Å². The molecular formula is C20H16Cl2FN3O3S. The zero-order valence-corrected chi connectivity index (χ0v) is 18.1. The molecule has 0 saturated carbocycles. The van der Waals surface area contributed by atoms with Crippen LogP contribution in [-0.4, -0.2) is 21.3 Å². The monoisotopic (exact) mass is 467 g/mol. The minimum atomic E-state index is -0.601. The van der Waals surface area contributed by atoms with Crippen LogP contribution >= 0.6 is 34.7 Å². The van der Waals surface area contributed by atoms with Gasteiger partial charge in [-0.1, -0.05) is 41.4 Å². The summed E-state index contributed by atoms with van der Waals surface area (Å²) < 4.78 is 18.1. The van der Waals surface area contributed by atoms with Gasteiger partial charge in [0.2, 0.25) is 0 Å². The summed E-state index contributed by atoms with van der Waals surface area (Å²) in [4.78, 5) is 25.4. The standard InChI is InChI=1S/C20H16Cl2FN3O3S/c1-9(12-5-3-4-6-15(12)23)24-19(29)16-10(2)26-30-20(16)25-18(28)11-7-13(21)17(27)14(22)8-11/h3-9,27H,1-2H3,(H,24,29)(H,25,28)/t9-/m0/s1. The second kappa shape index (κ2) is 8.99. The van der Waals surface area contributed by atoms with Crippen molar-refractivity contribution in [3.63, 3.8) is 0 Å². The number of benzene rings is 2. The highest BCUT2D eigenvalue weighted by Gasteiger charge is 2.23. The number of aromatic nitrogens is 1. The molecule has 10 heteroatoms. The van der Waals surface area contributed by atoms with E-state index in [1.807, 2.05) is 0 Å². The van der Waals surface area contributed by atoms with Gasteiger partial charge in [0, 0.05) is 11.1 Å². The molecule has 2 aromatic carbocycles. The second-order valence-corrected chi connectivity index (χ2v) is 8.02. The number of aryl methyl sites for hydroxylation is 1. The van der Waals surface area contributed by atoms with Crippen molar-refractivity contribution in [1.82, 2.24) is 9.69 Å². The fourth-order valence-electron chi connectivity index (χ4n) is 2.77. The third kappa shape index (κ3) is 4.56. The first-order valence-electron chi connectivity index (χ1n) is 8.70. The van der Waals surface area contributed by atoms with Gasteiger partial charge in [0.1, 0.15) is 10.8 Å². The summed E-state index contributed by atoms with van der Waals surface area (Å²) >= 11 is 12.7. The maximum absolute atomic E-state index is 14.0. The van der Waals surface area contributed by atoms with Crippen LogP contribution in [0.4, 0.5) is 9.39 Å². The number of phenols is 1. The molecule has 0 radical (unpaired) electrons. The maximum Gasteiger partial charge on any atom is 0.256 e. The minimum Gasteiger partial charge on any atom is -0.505 e. The number of anilines is 1. The number of nitrogens with one attached hydrogen (secondary N) is 2. The highest BCUT2D eigenvalue weighted by atomic mass is 35.5.